The topological polar surface area (TPSA) is 0 Å². The van der Waals surface area contributed by atoms with Crippen molar-refractivity contribution in [2.45, 2.75) is 16.8 Å². The van der Waals surface area contributed by atoms with Crippen molar-refractivity contribution in [2.24, 2.45) is 0 Å². The van der Waals surface area contributed by atoms with Crippen molar-refractivity contribution in [3.8, 4) is 0 Å². The van der Waals surface area contributed by atoms with Gasteiger partial charge in [0.2, 0.25) is 0 Å². The second kappa shape index (κ2) is 5.77. The van der Waals surface area contributed by atoms with Crippen LogP contribution in [-0.4, -0.2) is 20.5 Å². The van der Waals surface area contributed by atoms with Crippen LogP contribution in [0.2, 0.25) is 16.8 Å². The molecule has 1 rings (SSSR count). The van der Waals surface area contributed by atoms with E-state index in [0.717, 1.165) is 8.58 Å². The van der Waals surface area contributed by atoms with Crippen LogP contribution in [0.4, 0.5) is 0 Å². The van der Waals surface area contributed by atoms with E-state index in [1.165, 1.54) is 16.7 Å². The van der Waals surface area contributed by atoms with Crippen LogP contribution in [0.3, 0.4) is 0 Å². The Morgan fingerprint density at radius 1 is 1.17 bits per heavy atom. The van der Waals surface area contributed by atoms with Gasteiger partial charge in [0.1, 0.15) is 0 Å². The van der Waals surface area contributed by atoms with Gasteiger partial charge in [-0.3, -0.25) is 0 Å². The zero-order valence-electron chi connectivity index (χ0n) is 7.80. The quantitative estimate of drug-likeness (QED) is 0.560. The van der Waals surface area contributed by atoms with Crippen LogP contribution in [0.15, 0.2) is 30.3 Å². The Morgan fingerprint density at radius 3 is 2.42 bits per heavy atom. The molecule has 0 nitrogen and oxygen atoms in total. The van der Waals surface area contributed by atoms with Crippen molar-refractivity contribution in [3.63, 3.8) is 0 Å². The van der Waals surface area contributed by atoms with E-state index >= 15 is 0 Å². The average Bonchev–Trinajstić information content (AvgIpc) is 2.05. The third-order valence-corrected chi connectivity index (χ3v) is 6.64. The summed E-state index contributed by atoms with van der Waals surface area (Å²) in [5, 5.41) is 3.05. The van der Waals surface area contributed by atoms with E-state index in [0.29, 0.717) is 0 Å². The monoisotopic (exact) mass is 241 g/mol. The van der Waals surface area contributed by atoms with Gasteiger partial charge in [-0.05, 0) is 0 Å². The number of hydrogen-bond donors (Lipinski definition) is 0. The first kappa shape index (κ1) is 10.3. The van der Waals surface area contributed by atoms with E-state index in [2.05, 4.69) is 41.8 Å². The molecular weight excluding hydrogens is 224 g/mol. The van der Waals surface area contributed by atoms with E-state index < -0.39 is 14.3 Å². The molecule has 1 aromatic rings. The molecule has 1 atom stereocenters. The summed E-state index contributed by atoms with van der Waals surface area (Å²) in [7, 11) is 1.04. The van der Waals surface area contributed by atoms with Crippen LogP contribution in [-0.2, 0) is 0 Å². The van der Waals surface area contributed by atoms with Crippen LogP contribution in [0, 0.1) is 0 Å². The van der Waals surface area contributed by atoms with Crippen LogP contribution in [0.1, 0.15) is 0 Å². The van der Waals surface area contributed by atoms with Gasteiger partial charge >= 0.3 is 81.5 Å². The first-order valence-corrected chi connectivity index (χ1v) is 11.3. The summed E-state index contributed by atoms with van der Waals surface area (Å²) in [5.74, 6) is 4.91. The molecule has 0 N–H and O–H groups in total. The van der Waals surface area contributed by atoms with E-state index in [1.807, 2.05) is 0 Å². The fraction of sp³-hybridized carbons (Fsp3) is 0.400. The average molecular weight is 240 g/mol. The Morgan fingerprint density at radius 2 is 1.83 bits per heavy atom. The number of hydrogen-bond acceptors (Lipinski definition) is 0. The maximum absolute atomic E-state index is 2.45. The second-order valence-electron chi connectivity index (χ2n) is 3.25. The molecular formula is C10H16GeP. The molecule has 1 aromatic carbocycles. The number of rotatable bonds is 4. The summed E-state index contributed by atoms with van der Waals surface area (Å²) in [4.78, 5) is 0. The van der Waals surface area contributed by atoms with E-state index in [-0.39, 0.29) is 0 Å². The zero-order chi connectivity index (χ0) is 8.81. The Balaban J connectivity index is 2.25. The van der Waals surface area contributed by atoms with E-state index in [9.17, 15) is 0 Å². The predicted octanol–water partition coefficient (Wildman–Crippen LogP) is 2.74. The molecule has 1 unspecified atom stereocenters. The Hall–Kier alpha value is 0.193. The van der Waals surface area contributed by atoms with Crippen molar-refractivity contribution < 1.29 is 0 Å². The molecule has 0 saturated heterocycles. The van der Waals surface area contributed by atoms with Crippen molar-refractivity contribution >= 4 is 28.2 Å². The van der Waals surface area contributed by atoms with Gasteiger partial charge < -0.3 is 0 Å². The summed E-state index contributed by atoms with van der Waals surface area (Å²) in [6, 6.07) is 10.8. The zero-order valence-corrected chi connectivity index (χ0v) is 10.9. The van der Waals surface area contributed by atoms with Gasteiger partial charge in [0.25, 0.3) is 0 Å². The van der Waals surface area contributed by atoms with Gasteiger partial charge in [0.15, 0.2) is 0 Å². The number of benzene rings is 1. The molecule has 12 heavy (non-hydrogen) atoms. The van der Waals surface area contributed by atoms with Crippen molar-refractivity contribution in [1.29, 1.82) is 0 Å². The predicted molar refractivity (Wildman–Crippen MR) is 61.5 cm³/mol. The molecule has 0 aliphatic heterocycles. The molecule has 0 aromatic heterocycles. The van der Waals surface area contributed by atoms with Crippen LogP contribution in [0.5, 0.6) is 0 Å². The molecule has 0 aliphatic rings. The molecule has 2 heteroatoms. The van der Waals surface area contributed by atoms with Crippen LogP contribution < -0.4 is 5.30 Å². The van der Waals surface area contributed by atoms with Gasteiger partial charge in [0.05, 0.1) is 0 Å². The first-order valence-electron chi connectivity index (χ1n) is 4.37. The minimum absolute atomic E-state index is 0.535. The van der Waals surface area contributed by atoms with Gasteiger partial charge in [-0.15, -0.1) is 0 Å². The minimum atomic E-state index is -0.535. The molecule has 0 bridgehead atoms. The third-order valence-electron chi connectivity index (χ3n) is 1.73. The van der Waals surface area contributed by atoms with Crippen molar-refractivity contribution in [2.75, 3.05) is 6.16 Å². The molecule has 0 fully saturated rings. The normalized spacial score (nSPS) is 11.6. The molecule has 0 spiro atoms. The van der Waals surface area contributed by atoms with Crippen molar-refractivity contribution in [1.82, 2.24) is 0 Å². The first-order chi connectivity index (χ1) is 5.79. The Labute approximate surface area is 81.7 Å². The summed E-state index contributed by atoms with van der Waals surface area (Å²) in [6.07, 6.45) is 1.42. The third kappa shape index (κ3) is 4.28. The second-order valence-corrected chi connectivity index (χ2v) is 10.8. The molecule has 0 heterocycles. The fourth-order valence-electron chi connectivity index (χ4n) is 1.01. The van der Waals surface area contributed by atoms with Crippen LogP contribution in [0.25, 0.3) is 0 Å². The maximum atomic E-state index is 2.45. The fourth-order valence-corrected chi connectivity index (χ4v) is 6.29. The van der Waals surface area contributed by atoms with Crippen molar-refractivity contribution in [3.05, 3.63) is 30.3 Å². The molecule has 0 aliphatic carbocycles. The summed E-state index contributed by atoms with van der Waals surface area (Å²) in [5.41, 5.74) is 0. The van der Waals surface area contributed by atoms with Crippen LogP contribution >= 0.6 is 8.58 Å². The molecule has 1 radical (unpaired) electrons. The summed E-state index contributed by atoms with van der Waals surface area (Å²) in [6.45, 7) is 0. The summed E-state index contributed by atoms with van der Waals surface area (Å²) < 4.78 is 0. The van der Waals surface area contributed by atoms with E-state index in [4.69, 9.17) is 0 Å². The molecule has 0 saturated carbocycles. The Kier molecular flexibility index (Phi) is 4.94. The van der Waals surface area contributed by atoms with E-state index in [1.54, 1.807) is 0 Å². The summed E-state index contributed by atoms with van der Waals surface area (Å²) >= 11 is -0.535. The van der Waals surface area contributed by atoms with Gasteiger partial charge in [-0.1, -0.05) is 0 Å². The molecule has 65 valence electrons. The van der Waals surface area contributed by atoms with Gasteiger partial charge in [-0.2, -0.15) is 0 Å². The standard InChI is InChI=1S/C10H16GeP/c1-11(2)8-9-12-10-6-4-3-5-7-10/h3-7,12H,8-9H2,1-2H3. The van der Waals surface area contributed by atoms with Gasteiger partial charge in [-0.25, -0.2) is 0 Å². The SMILES string of the molecule is [CH3][Ge]([CH3])[CH2]CPc1ccccc1. The van der Waals surface area contributed by atoms with Gasteiger partial charge in [0, 0.05) is 0 Å². The molecule has 0 amide bonds. The Bertz CT molecular complexity index is 208.